The van der Waals surface area contributed by atoms with E-state index < -0.39 is 0 Å². The predicted molar refractivity (Wildman–Crippen MR) is 132 cm³/mol. The van der Waals surface area contributed by atoms with E-state index in [9.17, 15) is 0 Å². The predicted octanol–water partition coefficient (Wildman–Crippen LogP) is 8.24. The molecule has 1 nitrogen and oxygen atoms in total. The maximum Gasteiger partial charge on any atom is 0.0111 e. The Morgan fingerprint density at radius 3 is 1.07 bits per heavy atom. The highest BCUT2D eigenvalue weighted by Gasteiger charge is 2.40. The molecule has 0 aromatic heterocycles. The van der Waals surface area contributed by atoms with Crippen LogP contribution in [-0.4, -0.2) is 27.0 Å². The van der Waals surface area contributed by atoms with Gasteiger partial charge in [0.25, 0.3) is 0 Å². The van der Waals surface area contributed by atoms with Gasteiger partial charge < -0.3 is 0 Å². The van der Waals surface area contributed by atoms with Crippen molar-refractivity contribution in [3.63, 3.8) is 0 Å². The van der Waals surface area contributed by atoms with Gasteiger partial charge in [-0.05, 0) is 99.7 Å². The number of hydrogen-bond acceptors (Lipinski definition) is 1. The maximum absolute atomic E-state index is 3.14. The molecule has 0 aromatic rings. The Labute approximate surface area is 190 Å². The summed E-state index contributed by atoms with van der Waals surface area (Å²) in [5, 5.41) is 0. The standard InChI is InChI=1S/C26H48IN/c1-25(2,3)19-7-13-22(14-8-19)28(24-17-11-21(27)12-18-24)23-15-9-20(10-16-23)26(4,5)6/h19-24H,7-18H2,1-6H3. The van der Waals surface area contributed by atoms with E-state index in [1.165, 1.54) is 77.0 Å². The van der Waals surface area contributed by atoms with E-state index in [4.69, 9.17) is 0 Å². The molecule has 0 radical (unpaired) electrons. The van der Waals surface area contributed by atoms with E-state index in [2.05, 4.69) is 69.0 Å². The van der Waals surface area contributed by atoms with Crippen molar-refractivity contribution in [1.82, 2.24) is 4.90 Å². The fraction of sp³-hybridized carbons (Fsp3) is 1.00. The van der Waals surface area contributed by atoms with E-state index in [1.807, 2.05) is 0 Å². The SMILES string of the molecule is CC(C)(C)C1CCC(N(C2CCC(I)CC2)C2CCC(C(C)(C)C)CC2)CC1. The monoisotopic (exact) mass is 501 g/mol. The van der Waals surface area contributed by atoms with Crippen molar-refractivity contribution in [1.29, 1.82) is 0 Å². The van der Waals surface area contributed by atoms with Crippen molar-refractivity contribution >= 4 is 22.6 Å². The molecule has 0 aromatic carbocycles. The molecule has 3 aliphatic carbocycles. The molecule has 0 amide bonds. The van der Waals surface area contributed by atoms with Gasteiger partial charge in [0, 0.05) is 22.1 Å². The Bertz CT molecular complexity index is 430. The summed E-state index contributed by atoms with van der Waals surface area (Å²) in [6.45, 7) is 14.8. The molecule has 3 aliphatic rings. The molecular weight excluding hydrogens is 453 g/mol. The smallest absolute Gasteiger partial charge is 0.0111 e. The molecule has 0 saturated heterocycles. The van der Waals surface area contributed by atoms with E-state index in [0.29, 0.717) is 10.8 Å². The fourth-order valence-electron chi connectivity index (χ4n) is 6.71. The molecule has 0 atom stereocenters. The zero-order chi connectivity index (χ0) is 20.5. The second-order valence-electron chi connectivity index (χ2n) is 12.6. The summed E-state index contributed by atoms with van der Waals surface area (Å²) in [6.07, 6.45) is 17.5. The number of nitrogens with zero attached hydrogens (tertiary/aromatic N) is 1. The molecule has 3 rings (SSSR count). The quantitative estimate of drug-likeness (QED) is 0.278. The third-order valence-corrected chi connectivity index (χ3v) is 9.98. The van der Waals surface area contributed by atoms with Crippen molar-refractivity contribution in [2.24, 2.45) is 22.7 Å². The summed E-state index contributed by atoms with van der Waals surface area (Å²) < 4.78 is 0.934. The lowest BCUT2D eigenvalue weighted by atomic mass is 9.69. The number of hydrogen-bond donors (Lipinski definition) is 0. The summed E-state index contributed by atoms with van der Waals surface area (Å²) >= 11 is 2.70. The second-order valence-corrected chi connectivity index (χ2v) is 14.4. The molecule has 0 spiro atoms. The first-order chi connectivity index (χ1) is 13.1. The van der Waals surface area contributed by atoms with Gasteiger partial charge in [0.1, 0.15) is 0 Å². The third kappa shape index (κ3) is 5.89. The normalized spacial score (nSPS) is 38.6. The number of halogens is 1. The zero-order valence-corrected chi connectivity index (χ0v) is 21.9. The van der Waals surface area contributed by atoms with Gasteiger partial charge in [0.15, 0.2) is 0 Å². The molecule has 28 heavy (non-hydrogen) atoms. The minimum Gasteiger partial charge on any atom is -0.294 e. The molecule has 0 bridgehead atoms. The minimum atomic E-state index is 0.500. The highest BCUT2D eigenvalue weighted by Crippen LogP contribution is 2.44. The number of alkyl halides is 1. The van der Waals surface area contributed by atoms with Gasteiger partial charge in [0.2, 0.25) is 0 Å². The van der Waals surface area contributed by atoms with Crippen molar-refractivity contribution in [3.8, 4) is 0 Å². The molecular formula is C26H48IN. The molecule has 164 valence electrons. The molecule has 0 heterocycles. The van der Waals surface area contributed by atoms with Crippen molar-refractivity contribution < 1.29 is 0 Å². The van der Waals surface area contributed by atoms with Gasteiger partial charge in [-0.3, -0.25) is 4.90 Å². The van der Waals surface area contributed by atoms with Crippen molar-refractivity contribution in [3.05, 3.63) is 0 Å². The van der Waals surface area contributed by atoms with Gasteiger partial charge in [-0.15, -0.1) is 0 Å². The Kier molecular flexibility index (Phi) is 7.88. The first kappa shape index (κ1) is 23.4. The largest absolute Gasteiger partial charge is 0.294 e. The van der Waals surface area contributed by atoms with E-state index >= 15 is 0 Å². The van der Waals surface area contributed by atoms with Crippen LogP contribution in [-0.2, 0) is 0 Å². The Hall–Kier alpha value is 0.690. The zero-order valence-electron chi connectivity index (χ0n) is 19.8. The minimum absolute atomic E-state index is 0.500. The molecule has 3 fully saturated rings. The van der Waals surface area contributed by atoms with Crippen LogP contribution < -0.4 is 0 Å². The van der Waals surface area contributed by atoms with Crippen LogP contribution in [0, 0.1) is 22.7 Å². The van der Waals surface area contributed by atoms with Crippen LogP contribution in [0.2, 0.25) is 0 Å². The molecule has 2 heteroatoms. The summed E-state index contributed by atoms with van der Waals surface area (Å²) in [5.41, 5.74) is 1.000. The first-order valence-electron chi connectivity index (χ1n) is 12.5. The second kappa shape index (κ2) is 9.45. The average Bonchev–Trinajstić information content (AvgIpc) is 2.63. The highest BCUT2D eigenvalue weighted by atomic mass is 127. The van der Waals surface area contributed by atoms with Gasteiger partial charge in [-0.25, -0.2) is 0 Å². The Morgan fingerprint density at radius 2 is 0.786 bits per heavy atom. The van der Waals surface area contributed by atoms with Crippen LogP contribution in [0.1, 0.15) is 119 Å². The summed E-state index contributed by atoms with van der Waals surface area (Å²) in [5.74, 6) is 1.87. The lowest BCUT2D eigenvalue weighted by Gasteiger charge is -2.51. The first-order valence-corrected chi connectivity index (χ1v) is 13.7. The number of rotatable bonds is 3. The van der Waals surface area contributed by atoms with Gasteiger partial charge >= 0.3 is 0 Å². The topological polar surface area (TPSA) is 3.24 Å². The van der Waals surface area contributed by atoms with Crippen LogP contribution in [0.5, 0.6) is 0 Å². The van der Waals surface area contributed by atoms with E-state index in [-0.39, 0.29) is 0 Å². The van der Waals surface area contributed by atoms with E-state index in [1.54, 1.807) is 0 Å². The molecule has 0 unspecified atom stereocenters. The van der Waals surface area contributed by atoms with E-state index in [0.717, 1.165) is 33.9 Å². The summed E-state index contributed by atoms with van der Waals surface area (Å²) in [6, 6.07) is 2.65. The van der Waals surface area contributed by atoms with Crippen LogP contribution in [0.25, 0.3) is 0 Å². The molecule has 3 saturated carbocycles. The highest BCUT2D eigenvalue weighted by molar-refractivity contribution is 14.1. The molecule has 0 N–H and O–H groups in total. The summed E-state index contributed by atoms with van der Waals surface area (Å²) in [4.78, 5) is 3.14. The fourth-order valence-corrected chi connectivity index (χ4v) is 7.43. The average molecular weight is 502 g/mol. The van der Waals surface area contributed by atoms with Crippen LogP contribution in [0.3, 0.4) is 0 Å². The summed E-state index contributed by atoms with van der Waals surface area (Å²) in [7, 11) is 0. The van der Waals surface area contributed by atoms with Crippen LogP contribution in [0.15, 0.2) is 0 Å². The van der Waals surface area contributed by atoms with Crippen LogP contribution >= 0.6 is 22.6 Å². The van der Waals surface area contributed by atoms with Gasteiger partial charge in [-0.2, -0.15) is 0 Å². The van der Waals surface area contributed by atoms with Gasteiger partial charge in [0.05, 0.1) is 0 Å². The van der Waals surface area contributed by atoms with Crippen LogP contribution in [0.4, 0.5) is 0 Å². The maximum atomic E-state index is 3.14. The Balaban J connectivity index is 1.67. The van der Waals surface area contributed by atoms with Crippen molar-refractivity contribution in [2.75, 3.05) is 0 Å². The van der Waals surface area contributed by atoms with Crippen molar-refractivity contribution in [2.45, 2.75) is 141 Å². The molecule has 0 aliphatic heterocycles. The lowest BCUT2D eigenvalue weighted by molar-refractivity contribution is -0.00598. The third-order valence-electron chi connectivity index (χ3n) is 8.73. The Morgan fingerprint density at radius 1 is 0.500 bits per heavy atom. The lowest BCUT2D eigenvalue weighted by Crippen LogP contribution is -2.53. The van der Waals surface area contributed by atoms with Gasteiger partial charge in [-0.1, -0.05) is 64.1 Å².